The van der Waals surface area contributed by atoms with Gasteiger partial charge in [0, 0.05) is 18.2 Å². The summed E-state index contributed by atoms with van der Waals surface area (Å²) in [6, 6.07) is 5.33. The van der Waals surface area contributed by atoms with Crippen molar-refractivity contribution in [3.05, 3.63) is 24.5 Å². The van der Waals surface area contributed by atoms with Crippen LogP contribution in [0, 0.1) is 11.8 Å². The zero-order chi connectivity index (χ0) is 21.9. The topological polar surface area (TPSA) is 102 Å². The van der Waals surface area contributed by atoms with Crippen LogP contribution in [-0.2, 0) is 9.59 Å². The Bertz CT molecular complexity index is 1040. The zero-order valence-electron chi connectivity index (χ0n) is 18.3. The Hall–Kier alpha value is -3.03. The van der Waals surface area contributed by atoms with E-state index in [1.54, 1.807) is 24.5 Å². The smallest absolute Gasteiger partial charge is 0.257 e. The molecule has 2 aliphatic carbocycles. The number of anilines is 1. The van der Waals surface area contributed by atoms with Crippen LogP contribution in [-0.4, -0.2) is 33.3 Å². The number of aliphatic imine (C=N–C) groups is 2. The predicted octanol–water partition coefficient (Wildman–Crippen LogP) is 4.82. The first-order chi connectivity index (χ1) is 15.7. The van der Waals surface area contributed by atoms with E-state index in [1.165, 1.54) is 36.8 Å². The normalized spacial score (nSPS) is 21.6. The van der Waals surface area contributed by atoms with Crippen molar-refractivity contribution in [1.82, 2.24) is 9.78 Å². The average Bonchev–Trinajstić information content (AvgIpc) is 3.49. The number of nitrogens with one attached hydrogen (secondary N) is 1. The molecule has 1 aliphatic heterocycles. The fraction of sp³-hybridized carbons (Fsp3) is 0.542. The SMILES string of the molecule is O=C(CCC1CCCCC1)Nc1cc(-c2ccco2)nn1C1=NC(=O)C2CCCCC2=N1. The molecule has 0 bridgehead atoms. The van der Waals surface area contributed by atoms with Gasteiger partial charge in [0.05, 0.1) is 12.2 Å². The standard InChI is InChI=1S/C24H29N5O3/c30-22(13-12-16-7-2-1-3-8-16)26-21-15-19(20-11-6-14-32-20)28-29(21)24-25-18-10-5-4-9-17(18)23(31)27-24/h6,11,14-17H,1-5,7-10,12-13H2,(H,26,30). The Balaban J connectivity index is 1.38. The molecule has 3 heterocycles. The molecule has 8 heteroatoms. The monoisotopic (exact) mass is 435 g/mol. The average molecular weight is 436 g/mol. The van der Waals surface area contributed by atoms with Crippen molar-refractivity contribution < 1.29 is 14.0 Å². The summed E-state index contributed by atoms with van der Waals surface area (Å²) in [5, 5.41) is 7.54. The number of carbonyl (C=O) groups excluding carboxylic acids is 2. The molecule has 0 saturated heterocycles. The van der Waals surface area contributed by atoms with Crippen molar-refractivity contribution in [1.29, 1.82) is 0 Å². The van der Waals surface area contributed by atoms with Crippen LogP contribution < -0.4 is 5.32 Å². The first kappa shape index (κ1) is 20.8. The lowest BCUT2D eigenvalue weighted by Gasteiger charge is -2.24. The van der Waals surface area contributed by atoms with Crippen LogP contribution in [0.1, 0.15) is 70.6 Å². The molecular weight excluding hydrogens is 406 g/mol. The van der Waals surface area contributed by atoms with E-state index in [0.29, 0.717) is 29.6 Å². The highest BCUT2D eigenvalue weighted by atomic mass is 16.3. The van der Waals surface area contributed by atoms with Crippen molar-refractivity contribution in [2.24, 2.45) is 21.8 Å². The number of hydrogen-bond donors (Lipinski definition) is 1. The van der Waals surface area contributed by atoms with Crippen LogP contribution in [0.15, 0.2) is 38.9 Å². The molecule has 1 atom stereocenters. The second-order valence-corrected chi connectivity index (χ2v) is 9.05. The fourth-order valence-corrected chi connectivity index (χ4v) is 5.00. The summed E-state index contributed by atoms with van der Waals surface area (Å²) in [4.78, 5) is 34.3. The molecular formula is C24H29N5O3. The molecule has 2 aromatic rings. The second-order valence-electron chi connectivity index (χ2n) is 9.05. The predicted molar refractivity (Wildman–Crippen MR) is 122 cm³/mol. The maximum atomic E-state index is 12.8. The van der Waals surface area contributed by atoms with Crippen molar-refractivity contribution in [3.8, 4) is 11.5 Å². The number of rotatable bonds is 5. The highest BCUT2D eigenvalue weighted by Gasteiger charge is 2.32. The van der Waals surface area contributed by atoms with Gasteiger partial charge < -0.3 is 9.73 Å². The molecule has 1 unspecified atom stereocenters. The van der Waals surface area contributed by atoms with E-state index in [9.17, 15) is 9.59 Å². The number of amides is 2. The lowest BCUT2D eigenvalue weighted by Crippen LogP contribution is -2.33. The van der Waals surface area contributed by atoms with Crippen molar-refractivity contribution >= 4 is 29.3 Å². The lowest BCUT2D eigenvalue weighted by molar-refractivity contribution is -0.120. The van der Waals surface area contributed by atoms with Gasteiger partial charge in [0.2, 0.25) is 5.91 Å². The van der Waals surface area contributed by atoms with E-state index >= 15 is 0 Å². The van der Waals surface area contributed by atoms with E-state index in [1.807, 2.05) is 0 Å². The maximum absolute atomic E-state index is 12.8. The molecule has 32 heavy (non-hydrogen) atoms. The number of furan rings is 1. The van der Waals surface area contributed by atoms with E-state index < -0.39 is 0 Å². The van der Waals surface area contributed by atoms with Gasteiger partial charge in [-0.3, -0.25) is 9.59 Å². The Morgan fingerprint density at radius 1 is 1.12 bits per heavy atom. The number of nitrogens with zero attached hydrogens (tertiary/aromatic N) is 4. The molecule has 0 spiro atoms. The molecule has 2 fully saturated rings. The number of carbonyl (C=O) groups is 2. The summed E-state index contributed by atoms with van der Waals surface area (Å²) >= 11 is 0. The first-order valence-corrected chi connectivity index (χ1v) is 11.8. The summed E-state index contributed by atoms with van der Waals surface area (Å²) in [5.41, 5.74) is 1.43. The third kappa shape index (κ3) is 4.45. The van der Waals surface area contributed by atoms with Crippen LogP contribution in [0.2, 0.25) is 0 Å². The summed E-state index contributed by atoms with van der Waals surface area (Å²) in [7, 11) is 0. The number of aromatic nitrogens is 2. The van der Waals surface area contributed by atoms with Gasteiger partial charge in [0.1, 0.15) is 11.5 Å². The minimum absolute atomic E-state index is 0.0614. The summed E-state index contributed by atoms with van der Waals surface area (Å²) in [5.74, 6) is 1.43. The van der Waals surface area contributed by atoms with Gasteiger partial charge in [-0.05, 0) is 43.7 Å². The Morgan fingerprint density at radius 3 is 2.78 bits per heavy atom. The Morgan fingerprint density at radius 2 is 1.97 bits per heavy atom. The highest BCUT2D eigenvalue weighted by Crippen LogP contribution is 2.29. The minimum Gasteiger partial charge on any atom is -0.463 e. The summed E-state index contributed by atoms with van der Waals surface area (Å²) in [6.45, 7) is 0. The van der Waals surface area contributed by atoms with Crippen molar-refractivity contribution in [2.75, 3.05) is 5.32 Å². The second kappa shape index (κ2) is 9.22. The number of fused-ring (bicyclic) bond motifs is 1. The minimum atomic E-state index is -0.207. The van der Waals surface area contributed by atoms with E-state index in [0.717, 1.165) is 37.8 Å². The molecule has 1 N–H and O–H groups in total. The third-order valence-electron chi connectivity index (χ3n) is 6.77. The fourth-order valence-electron chi connectivity index (χ4n) is 5.00. The van der Waals surface area contributed by atoms with Gasteiger partial charge in [-0.2, -0.15) is 14.8 Å². The Labute approximate surface area is 187 Å². The molecule has 2 saturated carbocycles. The number of hydrogen-bond acceptors (Lipinski definition) is 5. The molecule has 2 amide bonds. The molecule has 168 valence electrons. The van der Waals surface area contributed by atoms with Gasteiger partial charge in [0.15, 0.2) is 5.76 Å². The first-order valence-electron chi connectivity index (χ1n) is 11.8. The Kier molecular flexibility index (Phi) is 6.01. The van der Waals surface area contributed by atoms with Crippen LogP contribution in [0.5, 0.6) is 0 Å². The lowest BCUT2D eigenvalue weighted by atomic mass is 9.86. The van der Waals surface area contributed by atoms with Gasteiger partial charge in [-0.25, -0.2) is 4.99 Å². The summed E-state index contributed by atoms with van der Waals surface area (Å²) < 4.78 is 6.95. The van der Waals surface area contributed by atoms with E-state index in [2.05, 4.69) is 20.4 Å². The zero-order valence-corrected chi connectivity index (χ0v) is 18.3. The third-order valence-corrected chi connectivity index (χ3v) is 6.77. The van der Waals surface area contributed by atoms with E-state index in [4.69, 9.17) is 4.42 Å². The van der Waals surface area contributed by atoms with Crippen molar-refractivity contribution in [2.45, 2.75) is 70.6 Å². The highest BCUT2D eigenvalue weighted by molar-refractivity contribution is 6.16. The van der Waals surface area contributed by atoms with Crippen molar-refractivity contribution in [3.63, 3.8) is 0 Å². The van der Waals surface area contributed by atoms with Gasteiger partial charge in [-0.1, -0.05) is 38.5 Å². The quantitative estimate of drug-likeness (QED) is 0.727. The van der Waals surface area contributed by atoms with Crippen LogP contribution >= 0.6 is 0 Å². The molecule has 3 aliphatic rings. The molecule has 8 nitrogen and oxygen atoms in total. The van der Waals surface area contributed by atoms with E-state index in [-0.39, 0.29) is 23.7 Å². The van der Waals surface area contributed by atoms with Gasteiger partial charge in [-0.15, -0.1) is 0 Å². The van der Waals surface area contributed by atoms with Crippen LogP contribution in [0.25, 0.3) is 11.5 Å². The van der Waals surface area contributed by atoms with Crippen LogP contribution in [0.4, 0.5) is 5.82 Å². The maximum Gasteiger partial charge on any atom is 0.257 e. The van der Waals surface area contributed by atoms with Gasteiger partial charge >= 0.3 is 0 Å². The molecule has 2 aromatic heterocycles. The van der Waals surface area contributed by atoms with Gasteiger partial charge in [0.25, 0.3) is 11.9 Å². The largest absolute Gasteiger partial charge is 0.463 e. The molecule has 0 radical (unpaired) electrons. The molecule has 5 rings (SSSR count). The molecule has 0 aromatic carbocycles. The summed E-state index contributed by atoms with van der Waals surface area (Å²) in [6.07, 6.45) is 12.8. The van der Waals surface area contributed by atoms with Crippen LogP contribution in [0.3, 0.4) is 0 Å².